The average molecular weight is 392 g/mol. The summed E-state index contributed by atoms with van der Waals surface area (Å²) in [5.41, 5.74) is 0.549. The van der Waals surface area contributed by atoms with Gasteiger partial charge in [0.1, 0.15) is 0 Å². The van der Waals surface area contributed by atoms with Gasteiger partial charge in [-0.15, -0.1) is 11.8 Å². The molecule has 0 saturated carbocycles. The fourth-order valence-corrected chi connectivity index (χ4v) is 4.31. The molecule has 146 valence electrons. The molecule has 1 aromatic carbocycles. The second kappa shape index (κ2) is 9.23. The highest BCUT2D eigenvalue weighted by Crippen LogP contribution is 2.25. The molecule has 7 nitrogen and oxygen atoms in total. The molecule has 0 radical (unpaired) electrons. The van der Waals surface area contributed by atoms with Gasteiger partial charge < -0.3 is 19.6 Å². The van der Waals surface area contributed by atoms with Crippen molar-refractivity contribution >= 4 is 29.5 Å². The first kappa shape index (κ1) is 19.7. The van der Waals surface area contributed by atoms with Gasteiger partial charge in [-0.25, -0.2) is 0 Å². The molecule has 1 aromatic rings. The highest BCUT2D eigenvalue weighted by atomic mass is 32.2. The number of aliphatic carboxylic acids is 1. The van der Waals surface area contributed by atoms with Gasteiger partial charge in [-0.2, -0.15) is 0 Å². The number of amides is 2. The molecule has 2 aliphatic heterocycles. The van der Waals surface area contributed by atoms with Crippen molar-refractivity contribution in [1.29, 1.82) is 0 Å². The van der Waals surface area contributed by atoms with E-state index in [4.69, 9.17) is 9.84 Å². The van der Waals surface area contributed by atoms with Gasteiger partial charge >= 0.3 is 5.97 Å². The number of ether oxygens (including phenoxy) is 1. The van der Waals surface area contributed by atoms with E-state index in [0.717, 1.165) is 30.8 Å². The minimum Gasteiger partial charge on any atom is -0.481 e. The first-order chi connectivity index (χ1) is 13.0. The minimum atomic E-state index is -0.939. The summed E-state index contributed by atoms with van der Waals surface area (Å²) in [7, 11) is 0. The zero-order valence-corrected chi connectivity index (χ0v) is 16.0. The van der Waals surface area contributed by atoms with E-state index in [2.05, 4.69) is 0 Å². The van der Waals surface area contributed by atoms with Crippen LogP contribution < -0.4 is 0 Å². The molecular formula is C19H24N2O5S. The van der Waals surface area contributed by atoms with Crippen molar-refractivity contribution in [3.05, 3.63) is 29.8 Å². The summed E-state index contributed by atoms with van der Waals surface area (Å²) < 4.78 is 5.44. The average Bonchev–Trinajstić information content (AvgIpc) is 3.20. The van der Waals surface area contributed by atoms with Crippen molar-refractivity contribution in [1.82, 2.24) is 9.80 Å². The lowest BCUT2D eigenvalue weighted by Gasteiger charge is -2.32. The number of carboxylic acids is 1. The Balaban J connectivity index is 1.64. The summed E-state index contributed by atoms with van der Waals surface area (Å²) in [5, 5.41) is 8.94. The summed E-state index contributed by atoms with van der Waals surface area (Å²) in [6.07, 6.45) is 1.50. The van der Waals surface area contributed by atoms with Gasteiger partial charge in [0.05, 0.1) is 30.4 Å². The molecule has 27 heavy (non-hydrogen) atoms. The predicted molar refractivity (Wildman–Crippen MR) is 101 cm³/mol. The molecule has 2 fully saturated rings. The summed E-state index contributed by atoms with van der Waals surface area (Å²) in [5.74, 6) is -0.668. The van der Waals surface area contributed by atoms with E-state index in [1.807, 2.05) is 17.0 Å². The van der Waals surface area contributed by atoms with Crippen LogP contribution in [0.2, 0.25) is 0 Å². The largest absolute Gasteiger partial charge is 0.481 e. The van der Waals surface area contributed by atoms with Gasteiger partial charge in [-0.05, 0) is 25.0 Å². The number of nitrogens with zero attached hydrogens (tertiary/aromatic N) is 2. The number of carbonyl (C=O) groups excluding carboxylic acids is 2. The summed E-state index contributed by atoms with van der Waals surface area (Å²) >= 11 is 1.38. The molecule has 1 N–H and O–H groups in total. The van der Waals surface area contributed by atoms with Crippen LogP contribution in [0.1, 0.15) is 29.6 Å². The number of carboxylic acid groups (broad SMARTS) is 1. The number of carbonyl (C=O) groups is 3. The third kappa shape index (κ3) is 5.23. The zero-order chi connectivity index (χ0) is 19.2. The fraction of sp³-hybridized carbons (Fsp3) is 0.526. The van der Waals surface area contributed by atoms with Crippen molar-refractivity contribution in [2.75, 3.05) is 38.5 Å². The second-order valence-electron chi connectivity index (χ2n) is 6.71. The summed E-state index contributed by atoms with van der Waals surface area (Å²) in [4.78, 5) is 40.4. The number of morpholine rings is 1. The Morgan fingerprint density at radius 1 is 1.11 bits per heavy atom. The van der Waals surface area contributed by atoms with Gasteiger partial charge in [-0.1, -0.05) is 12.1 Å². The Morgan fingerprint density at radius 3 is 2.59 bits per heavy atom. The molecular weight excluding hydrogens is 368 g/mol. The Morgan fingerprint density at radius 2 is 1.85 bits per heavy atom. The molecule has 2 aliphatic rings. The maximum Gasteiger partial charge on any atom is 0.306 e. The Kier molecular flexibility index (Phi) is 6.73. The van der Waals surface area contributed by atoms with Crippen LogP contribution in [0, 0.1) is 0 Å². The fourth-order valence-electron chi connectivity index (χ4n) is 3.36. The molecule has 0 aromatic heterocycles. The van der Waals surface area contributed by atoms with E-state index in [0.29, 0.717) is 24.5 Å². The van der Waals surface area contributed by atoms with Crippen LogP contribution in [-0.4, -0.2) is 77.3 Å². The Hall–Kier alpha value is -2.06. The highest BCUT2D eigenvalue weighted by Gasteiger charge is 2.28. The number of likely N-dealkylation sites (tertiary alicyclic amines) is 1. The van der Waals surface area contributed by atoms with Gasteiger partial charge in [0, 0.05) is 31.1 Å². The van der Waals surface area contributed by atoms with Crippen LogP contribution in [0.25, 0.3) is 0 Å². The monoisotopic (exact) mass is 392 g/mol. The normalized spacial score (nSPS) is 19.9. The lowest BCUT2D eigenvalue weighted by atomic mass is 10.1. The van der Waals surface area contributed by atoms with Crippen LogP contribution in [-0.2, 0) is 14.3 Å². The molecule has 2 saturated heterocycles. The van der Waals surface area contributed by atoms with Crippen molar-refractivity contribution in [3.8, 4) is 0 Å². The Bertz CT molecular complexity index is 705. The zero-order valence-electron chi connectivity index (χ0n) is 15.1. The van der Waals surface area contributed by atoms with E-state index < -0.39 is 12.1 Å². The van der Waals surface area contributed by atoms with E-state index in [-0.39, 0.29) is 24.8 Å². The third-order valence-electron chi connectivity index (χ3n) is 4.76. The van der Waals surface area contributed by atoms with Gasteiger partial charge in [0.25, 0.3) is 5.91 Å². The van der Waals surface area contributed by atoms with Crippen LogP contribution in [0.5, 0.6) is 0 Å². The highest BCUT2D eigenvalue weighted by molar-refractivity contribution is 8.00. The van der Waals surface area contributed by atoms with E-state index in [9.17, 15) is 14.4 Å². The van der Waals surface area contributed by atoms with Gasteiger partial charge in [-0.3, -0.25) is 14.4 Å². The second-order valence-corrected chi connectivity index (χ2v) is 7.73. The summed E-state index contributed by atoms with van der Waals surface area (Å²) in [6, 6.07) is 7.26. The van der Waals surface area contributed by atoms with Crippen LogP contribution in [0.15, 0.2) is 29.2 Å². The number of rotatable bonds is 6. The topological polar surface area (TPSA) is 87.2 Å². The molecule has 0 bridgehead atoms. The lowest BCUT2D eigenvalue weighted by molar-refractivity contribution is -0.141. The smallest absolute Gasteiger partial charge is 0.306 e. The molecule has 8 heteroatoms. The first-order valence-electron chi connectivity index (χ1n) is 9.17. The molecule has 0 spiro atoms. The SMILES string of the molecule is O=C(O)CC1CN(C(=O)c2ccccc2SCC(=O)N2CCCC2)CCO1. The lowest BCUT2D eigenvalue weighted by Crippen LogP contribution is -2.46. The van der Waals surface area contributed by atoms with Gasteiger partial charge in [0.2, 0.25) is 5.91 Å². The molecule has 0 aliphatic carbocycles. The van der Waals surface area contributed by atoms with Crippen molar-refractivity contribution < 1.29 is 24.2 Å². The number of hydrogen-bond donors (Lipinski definition) is 1. The molecule has 1 unspecified atom stereocenters. The maximum atomic E-state index is 13.0. The van der Waals surface area contributed by atoms with E-state index in [1.54, 1.807) is 17.0 Å². The predicted octanol–water partition coefficient (Wildman–Crippen LogP) is 1.72. The first-order valence-corrected chi connectivity index (χ1v) is 10.2. The quantitative estimate of drug-likeness (QED) is 0.742. The third-order valence-corrected chi connectivity index (χ3v) is 5.81. The Labute approximate surface area is 162 Å². The number of hydrogen-bond acceptors (Lipinski definition) is 5. The van der Waals surface area contributed by atoms with E-state index >= 15 is 0 Å². The van der Waals surface area contributed by atoms with Crippen molar-refractivity contribution in [2.24, 2.45) is 0 Å². The van der Waals surface area contributed by atoms with Gasteiger partial charge in [0.15, 0.2) is 0 Å². The van der Waals surface area contributed by atoms with E-state index in [1.165, 1.54) is 11.8 Å². The number of thioether (sulfide) groups is 1. The molecule has 1 atom stereocenters. The van der Waals surface area contributed by atoms with Crippen LogP contribution in [0.4, 0.5) is 0 Å². The summed E-state index contributed by atoms with van der Waals surface area (Å²) in [6.45, 7) is 2.65. The molecule has 2 heterocycles. The standard InChI is InChI=1S/C19H24N2O5S/c22-17(20-7-3-4-8-20)13-27-16-6-2-1-5-15(16)19(25)21-9-10-26-14(12-21)11-18(23)24/h1-2,5-6,14H,3-4,7-13H2,(H,23,24). The van der Waals surface area contributed by atoms with Crippen molar-refractivity contribution in [3.63, 3.8) is 0 Å². The minimum absolute atomic E-state index is 0.104. The number of benzene rings is 1. The van der Waals surface area contributed by atoms with Crippen LogP contribution >= 0.6 is 11.8 Å². The molecule has 2 amide bonds. The van der Waals surface area contributed by atoms with Crippen LogP contribution in [0.3, 0.4) is 0 Å². The molecule has 3 rings (SSSR count). The maximum absolute atomic E-state index is 13.0. The van der Waals surface area contributed by atoms with Crippen molar-refractivity contribution in [2.45, 2.75) is 30.3 Å².